The molecule has 1 aromatic carbocycles. The van der Waals surface area contributed by atoms with Gasteiger partial charge in [0, 0.05) is 12.7 Å². The molecule has 0 bridgehead atoms. The SMILES string of the molecule is CC(OC(=O)CCn1nc(-c2cccs2)oc1=O)C(=O)N(C)c1ccccc1. The molecular formula is C19H19N3O5S. The number of likely N-dealkylation sites (N-methyl/N-ethyl adjacent to an activating group) is 1. The average molecular weight is 401 g/mol. The number of anilines is 1. The summed E-state index contributed by atoms with van der Waals surface area (Å²) in [5, 5.41) is 5.92. The first-order valence-electron chi connectivity index (χ1n) is 8.59. The Balaban J connectivity index is 1.54. The third-order valence-corrected chi connectivity index (χ3v) is 4.85. The van der Waals surface area contributed by atoms with Crippen molar-refractivity contribution in [3.8, 4) is 10.8 Å². The van der Waals surface area contributed by atoms with Gasteiger partial charge in [-0.05, 0) is 30.5 Å². The van der Waals surface area contributed by atoms with Crippen LogP contribution in [0, 0.1) is 0 Å². The largest absolute Gasteiger partial charge is 0.452 e. The van der Waals surface area contributed by atoms with Gasteiger partial charge in [0.1, 0.15) is 0 Å². The molecule has 8 nitrogen and oxygen atoms in total. The van der Waals surface area contributed by atoms with Gasteiger partial charge in [0.25, 0.3) is 11.8 Å². The summed E-state index contributed by atoms with van der Waals surface area (Å²) in [4.78, 5) is 38.5. The molecule has 1 amide bonds. The Bertz CT molecular complexity index is 994. The molecule has 1 unspecified atom stereocenters. The van der Waals surface area contributed by atoms with Gasteiger partial charge < -0.3 is 14.1 Å². The average Bonchev–Trinajstić information content (AvgIpc) is 3.35. The van der Waals surface area contributed by atoms with Crippen LogP contribution in [0.15, 0.2) is 57.1 Å². The zero-order valence-electron chi connectivity index (χ0n) is 15.4. The van der Waals surface area contributed by atoms with Gasteiger partial charge in [0.2, 0.25) is 0 Å². The number of esters is 1. The smallest absolute Gasteiger partial charge is 0.437 e. The van der Waals surface area contributed by atoms with E-state index in [9.17, 15) is 14.4 Å². The molecule has 0 saturated heterocycles. The van der Waals surface area contributed by atoms with Crippen molar-refractivity contribution in [3.63, 3.8) is 0 Å². The van der Waals surface area contributed by atoms with Crippen molar-refractivity contribution in [2.24, 2.45) is 0 Å². The van der Waals surface area contributed by atoms with Gasteiger partial charge in [-0.3, -0.25) is 9.59 Å². The van der Waals surface area contributed by atoms with Gasteiger partial charge in [0.15, 0.2) is 6.10 Å². The minimum atomic E-state index is -0.951. The van der Waals surface area contributed by atoms with Crippen molar-refractivity contribution in [1.82, 2.24) is 9.78 Å². The number of aryl methyl sites for hydroxylation is 1. The van der Waals surface area contributed by atoms with Crippen LogP contribution in [0.4, 0.5) is 5.69 Å². The van der Waals surface area contributed by atoms with Crippen LogP contribution >= 0.6 is 11.3 Å². The second-order valence-electron chi connectivity index (χ2n) is 5.99. The number of carbonyl (C=O) groups excluding carboxylic acids is 2. The lowest BCUT2D eigenvalue weighted by molar-refractivity contribution is -0.154. The van der Waals surface area contributed by atoms with E-state index in [4.69, 9.17) is 9.15 Å². The first-order valence-corrected chi connectivity index (χ1v) is 9.47. The summed E-state index contributed by atoms with van der Waals surface area (Å²) in [7, 11) is 1.61. The van der Waals surface area contributed by atoms with E-state index in [2.05, 4.69) is 5.10 Å². The van der Waals surface area contributed by atoms with Gasteiger partial charge in [-0.2, -0.15) is 4.68 Å². The summed E-state index contributed by atoms with van der Waals surface area (Å²) in [5.41, 5.74) is 0.700. The third-order valence-electron chi connectivity index (χ3n) is 4.00. The summed E-state index contributed by atoms with van der Waals surface area (Å²) in [6.07, 6.45) is -1.06. The fourth-order valence-corrected chi connectivity index (χ4v) is 3.15. The molecular weight excluding hydrogens is 382 g/mol. The number of hydrogen-bond acceptors (Lipinski definition) is 7. The zero-order valence-corrected chi connectivity index (χ0v) is 16.2. The van der Waals surface area contributed by atoms with Gasteiger partial charge in [0.05, 0.1) is 17.8 Å². The minimum Gasteiger partial charge on any atom is -0.452 e. The van der Waals surface area contributed by atoms with Gasteiger partial charge in [-0.25, -0.2) is 4.79 Å². The second-order valence-corrected chi connectivity index (χ2v) is 6.94. The molecule has 0 aliphatic rings. The quantitative estimate of drug-likeness (QED) is 0.565. The fraction of sp³-hybridized carbons (Fsp3) is 0.263. The van der Waals surface area contributed by atoms with E-state index in [0.717, 1.165) is 9.56 Å². The van der Waals surface area contributed by atoms with Crippen LogP contribution in [0.5, 0.6) is 0 Å². The van der Waals surface area contributed by atoms with E-state index in [1.54, 1.807) is 25.2 Å². The molecule has 0 aliphatic carbocycles. The summed E-state index contributed by atoms with van der Waals surface area (Å²) >= 11 is 1.39. The van der Waals surface area contributed by atoms with Crippen LogP contribution in [-0.4, -0.2) is 34.8 Å². The van der Waals surface area contributed by atoms with E-state index in [1.807, 2.05) is 29.6 Å². The molecule has 0 radical (unpaired) electrons. The van der Waals surface area contributed by atoms with Gasteiger partial charge >= 0.3 is 11.7 Å². The van der Waals surface area contributed by atoms with E-state index < -0.39 is 17.8 Å². The zero-order chi connectivity index (χ0) is 20.1. The fourth-order valence-electron chi connectivity index (χ4n) is 2.50. The normalized spacial score (nSPS) is 11.8. The highest BCUT2D eigenvalue weighted by Crippen LogP contribution is 2.21. The molecule has 1 atom stereocenters. The van der Waals surface area contributed by atoms with Gasteiger partial charge in [-0.1, -0.05) is 24.3 Å². The number of thiophene rings is 1. The van der Waals surface area contributed by atoms with Crippen molar-refractivity contribution in [2.75, 3.05) is 11.9 Å². The first-order chi connectivity index (χ1) is 13.5. The monoisotopic (exact) mass is 401 g/mol. The summed E-state index contributed by atoms with van der Waals surface area (Å²) in [5.74, 6) is -1.39. The van der Waals surface area contributed by atoms with Gasteiger partial charge in [-0.15, -0.1) is 16.4 Å². The topological polar surface area (TPSA) is 94.6 Å². The molecule has 0 spiro atoms. The predicted molar refractivity (Wildman–Crippen MR) is 104 cm³/mol. The van der Waals surface area contributed by atoms with Crippen LogP contribution in [0.3, 0.4) is 0 Å². The number of carbonyl (C=O) groups is 2. The number of nitrogens with zero attached hydrogens (tertiary/aromatic N) is 3. The molecule has 2 heterocycles. The molecule has 28 heavy (non-hydrogen) atoms. The van der Waals surface area contributed by atoms with Crippen LogP contribution in [-0.2, 0) is 20.9 Å². The number of rotatable bonds is 7. The Morgan fingerprint density at radius 1 is 1.25 bits per heavy atom. The Kier molecular flexibility index (Phi) is 6.05. The molecule has 146 valence electrons. The standard InChI is InChI=1S/C19H19N3O5S/c1-13(18(24)21(2)14-7-4-3-5-8-14)26-16(23)10-11-22-19(25)27-17(20-22)15-9-6-12-28-15/h3-9,12-13H,10-11H2,1-2H3. The first kappa shape index (κ1) is 19.6. The summed E-state index contributed by atoms with van der Waals surface area (Å²) < 4.78 is 11.3. The second kappa shape index (κ2) is 8.66. The van der Waals surface area contributed by atoms with Crippen molar-refractivity contribution < 1.29 is 18.7 Å². The molecule has 0 saturated carbocycles. The maximum atomic E-state index is 12.4. The molecule has 9 heteroatoms. The number of benzene rings is 1. The summed E-state index contributed by atoms with van der Waals surface area (Å²) in [6, 6.07) is 12.7. The molecule has 3 rings (SSSR count). The molecule has 0 aliphatic heterocycles. The van der Waals surface area contributed by atoms with E-state index >= 15 is 0 Å². The molecule has 0 N–H and O–H groups in total. The highest BCUT2D eigenvalue weighted by molar-refractivity contribution is 7.13. The van der Waals surface area contributed by atoms with Crippen LogP contribution in [0.2, 0.25) is 0 Å². The maximum Gasteiger partial charge on any atom is 0.437 e. The number of ether oxygens (including phenoxy) is 1. The molecule has 3 aromatic rings. The Morgan fingerprint density at radius 3 is 2.68 bits per heavy atom. The highest BCUT2D eigenvalue weighted by Gasteiger charge is 2.22. The number of amides is 1. The molecule has 0 fully saturated rings. The van der Waals surface area contributed by atoms with Crippen molar-refractivity contribution in [2.45, 2.75) is 26.0 Å². The lowest BCUT2D eigenvalue weighted by Crippen LogP contribution is -2.37. The maximum absolute atomic E-state index is 12.4. The van der Waals surface area contributed by atoms with Crippen molar-refractivity contribution >= 4 is 28.9 Å². The lowest BCUT2D eigenvalue weighted by atomic mass is 10.2. The molecule has 2 aromatic heterocycles. The number of aromatic nitrogens is 2. The van der Waals surface area contributed by atoms with Crippen LogP contribution in [0.1, 0.15) is 13.3 Å². The van der Waals surface area contributed by atoms with Crippen molar-refractivity contribution in [1.29, 1.82) is 0 Å². The Labute approximate surface area is 165 Å². The highest BCUT2D eigenvalue weighted by atomic mass is 32.1. The Hall–Kier alpha value is -3.20. The summed E-state index contributed by atoms with van der Waals surface area (Å²) in [6.45, 7) is 1.51. The predicted octanol–water partition coefficient (Wildman–Crippen LogP) is 2.55. The van der Waals surface area contributed by atoms with Crippen molar-refractivity contribution in [3.05, 3.63) is 58.4 Å². The van der Waals surface area contributed by atoms with Crippen LogP contribution in [0.25, 0.3) is 10.8 Å². The lowest BCUT2D eigenvalue weighted by Gasteiger charge is -2.21. The third kappa shape index (κ3) is 4.55. The van der Waals surface area contributed by atoms with E-state index in [1.165, 1.54) is 23.2 Å². The Morgan fingerprint density at radius 2 is 2.00 bits per heavy atom. The van der Waals surface area contributed by atoms with Crippen LogP contribution < -0.4 is 10.7 Å². The number of para-hydroxylation sites is 1. The van der Waals surface area contributed by atoms with E-state index in [0.29, 0.717) is 5.69 Å². The minimum absolute atomic E-state index is 0.00196. The number of hydrogen-bond donors (Lipinski definition) is 0. The van der Waals surface area contributed by atoms with E-state index in [-0.39, 0.29) is 24.8 Å².